The zero-order valence-corrected chi connectivity index (χ0v) is 12.2. The van der Waals surface area contributed by atoms with Gasteiger partial charge in [0.25, 0.3) is 5.91 Å². The Hall–Kier alpha value is -2.08. The predicted molar refractivity (Wildman–Crippen MR) is 77.9 cm³/mol. The number of hydrogen-bond acceptors (Lipinski definition) is 4. The summed E-state index contributed by atoms with van der Waals surface area (Å²) in [5, 5.41) is 9.18. The fourth-order valence-electron chi connectivity index (χ4n) is 2.41. The summed E-state index contributed by atoms with van der Waals surface area (Å²) in [5.41, 5.74) is 0.465. The topological polar surface area (TPSA) is 76.1 Å². The number of benzene rings is 1. The third-order valence-electron chi connectivity index (χ3n) is 3.96. The first-order valence-electron chi connectivity index (χ1n) is 7.49. The van der Waals surface area contributed by atoms with Crippen LogP contribution in [0.5, 0.6) is 5.75 Å². The van der Waals surface area contributed by atoms with Crippen LogP contribution in [0.2, 0.25) is 0 Å². The standard InChI is InChI=1S/C16H19NO5/c18-15(17-7-8-21-10-14(17)16(19)20)12-3-5-13(6-4-12)22-9-11-1-2-11/h3-6,11,14H,1-2,7-10H2,(H,19,20)/t14-/m0/s1. The number of ether oxygens (including phenoxy) is 2. The summed E-state index contributed by atoms with van der Waals surface area (Å²) >= 11 is 0. The van der Waals surface area contributed by atoms with E-state index in [9.17, 15) is 14.7 Å². The first-order chi connectivity index (χ1) is 10.6. The van der Waals surface area contributed by atoms with Crippen LogP contribution in [0.1, 0.15) is 23.2 Å². The molecule has 118 valence electrons. The number of hydrogen-bond donors (Lipinski definition) is 1. The highest BCUT2D eigenvalue weighted by Crippen LogP contribution is 2.29. The number of amides is 1. The lowest BCUT2D eigenvalue weighted by molar-refractivity contribution is -0.147. The molecule has 1 aliphatic carbocycles. The second-order valence-electron chi connectivity index (χ2n) is 5.71. The molecule has 0 radical (unpaired) electrons. The monoisotopic (exact) mass is 305 g/mol. The largest absolute Gasteiger partial charge is 0.493 e. The van der Waals surface area contributed by atoms with Gasteiger partial charge in [-0.25, -0.2) is 4.79 Å². The summed E-state index contributed by atoms with van der Waals surface area (Å²) in [4.78, 5) is 25.0. The van der Waals surface area contributed by atoms with E-state index in [0.29, 0.717) is 18.1 Å². The number of carboxylic acids is 1. The molecular weight excluding hydrogens is 286 g/mol. The van der Waals surface area contributed by atoms with Crippen LogP contribution in [-0.2, 0) is 9.53 Å². The van der Waals surface area contributed by atoms with Gasteiger partial charge < -0.3 is 19.5 Å². The quantitative estimate of drug-likeness (QED) is 0.890. The number of carbonyl (C=O) groups is 2. The lowest BCUT2D eigenvalue weighted by atomic mass is 10.1. The summed E-state index contributed by atoms with van der Waals surface area (Å²) in [6.45, 7) is 1.40. The number of carbonyl (C=O) groups excluding carboxylic acids is 1. The molecule has 1 aromatic carbocycles. The van der Waals surface area contributed by atoms with E-state index in [2.05, 4.69) is 0 Å². The first kappa shape index (κ1) is 14.8. The molecule has 6 heteroatoms. The van der Waals surface area contributed by atoms with Crippen molar-refractivity contribution in [2.24, 2.45) is 5.92 Å². The number of aliphatic carboxylic acids is 1. The number of rotatable bonds is 5. The molecule has 0 aromatic heterocycles. The molecule has 1 N–H and O–H groups in total. The van der Waals surface area contributed by atoms with Gasteiger partial charge in [-0.15, -0.1) is 0 Å². The third-order valence-corrected chi connectivity index (χ3v) is 3.96. The average molecular weight is 305 g/mol. The van der Waals surface area contributed by atoms with Gasteiger partial charge in [0.15, 0.2) is 6.04 Å². The van der Waals surface area contributed by atoms with Gasteiger partial charge in [-0.3, -0.25) is 4.79 Å². The second kappa shape index (κ2) is 6.36. The molecule has 0 spiro atoms. The maximum Gasteiger partial charge on any atom is 0.328 e. The Morgan fingerprint density at radius 1 is 1.27 bits per heavy atom. The third kappa shape index (κ3) is 3.39. The molecular formula is C16H19NO5. The van der Waals surface area contributed by atoms with Crippen molar-refractivity contribution in [3.63, 3.8) is 0 Å². The Bertz CT molecular complexity index is 552. The SMILES string of the molecule is O=C(O)[C@@H]1COCCN1C(=O)c1ccc(OCC2CC2)cc1. The Balaban J connectivity index is 1.66. The minimum Gasteiger partial charge on any atom is -0.493 e. The normalized spacial score (nSPS) is 21.5. The molecule has 1 amide bonds. The Morgan fingerprint density at radius 3 is 2.64 bits per heavy atom. The summed E-state index contributed by atoms with van der Waals surface area (Å²) in [5.74, 6) is 0.0769. The molecule has 1 heterocycles. The Morgan fingerprint density at radius 2 is 2.00 bits per heavy atom. The van der Waals surface area contributed by atoms with Gasteiger partial charge in [0, 0.05) is 12.1 Å². The highest BCUT2D eigenvalue weighted by atomic mass is 16.5. The second-order valence-corrected chi connectivity index (χ2v) is 5.71. The van der Waals surface area contributed by atoms with E-state index in [4.69, 9.17) is 9.47 Å². The van der Waals surface area contributed by atoms with Gasteiger partial charge >= 0.3 is 5.97 Å². The molecule has 1 saturated carbocycles. The summed E-state index contributed by atoms with van der Waals surface area (Å²) in [7, 11) is 0. The van der Waals surface area contributed by atoms with Crippen molar-refractivity contribution in [1.29, 1.82) is 0 Å². The summed E-state index contributed by atoms with van der Waals surface area (Å²) in [6, 6.07) is 5.95. The van der Waals surface area contributed by atoms with Crippen molar-refractivity contribution in [2.45, 2.75) is 18.9 Å². The molecule has 1 saturated heterocycles. The zero-order valence-electron chi connectivity index (χ0n) is 12.2. The number of morpholine rings is 1. The molecule has 2 aliphatic rings. The van der Waals surface area contributed by atoms with Crippen LogP contribution in [0.25, 0.3) is 0 Å². The molecule has 22 heavy (non-hydrogen) atoms. The number of carboxylic acid groups (broad SMARTS) is 1. The molecule has 0 bridgehead atoms. The highest BCUT2D eigenvalue weighted by Gasteiger charge is 2.33. The minimum absolute atomic E-state index is 0.0314. The van der Waals surface area contributed by atoms with E-state index < -0.39 is 12.0 Å². The summed E-state index contributed by atoms with van der Waals surface area (Å²) in [6.07, 6.45) is 2.45. The predicted octanol–water partition coefficient (Wildman–Crippen LogP) is 1.40. The van der Waals surface area contributed by atoms with Crippen molar-refractivity contribution < 1.29 is 24.2 Å². The first-order valence-corrected chi connectivity index (χ1v) is 7.49. The molecule has 2 fully saturated rings. The summed E-state index contributed by atoms with van der Waals surface area (Å²) < 4.78 is 10.8. The van der Waals surface area contributed by atoms with E-state index in [-0.39, 0.29) is 19.1 Å². The van der Waals surface area contributed by atoms with Crippen LogP contribution in [0.4, 0.5) is 0 Å². The van der Waals surface area contributed by atoms with E-state index >= 15 is 0 Å². The van der Waals surface area contributed by atoms with Crippen LogP contribution in [0, 0.1) is 5.92 Å². The maximum absolute atomic E-state index is 12.5. The Labute approximate surface area is 128 Å². The van der Waals surface area contributed by atoms with Gasteiger partial charge in [-0.2, -0.15) is 0 Å². The van der Waals surface area contributed by atoms with Crippen molar-refractivity contribution in [3.8, 4) is 5.75 Å². The fourth-order valence-corrected chi connectivity index (χ4v) is 2.41. The smallest absolute Gasteiger partial charge is 0.328 e. The molecule has 6 nitrogen and oxygen atoms in total. The van der Waals surface area contributed by atoms with Crippen LogP contribution in [0.3, 0.4) is 0 Å². The van der Waals surface area contributed by atoms with E-state index in [1.807, 2.05) is 0 Å². The molecule has 1 aromatic rings. The van der Waals surface area contributed by atoms with Crippen molar-refractivity contribution in [2.75, 3.05) is 26.4 Å². The number of nitrogens with zero attached hydrogens (tertiary/aromatic N) is 1. The maximum atomic E-state index is 12.5. The lowest BCUT2D eigenvalue weighted by Crippen LogP contribution is -2.52. The highest BCUT2D eigenvalue weighted by molar-refractivity contribution is 5.96. The lowest BCUT2D eigenvalue weighted by Gasteiger charge is -2.32. The van der Waals surface area contributed by atoms with Gasteiger partial charge in [-0.1, -0.05) is 0 Å². The Kier molecular flexibility index (Phi) is 4.29. The molecule has 3 rings (SSSR count). The molecule has 1 atom stereocenters. The molecule has 0 unspecified atom stereocenters. The van der Waals surface area contributed by atoms with Crippen molar-refractivity contribution in [3.05, 3.63) is 29.8 Å². The average Bonchev–Trinajstić information content (AvgIpc) is 3.37. The van der Waals surface area contributed by atoms with E-state index in [0.717, 1.165) is 12.4 Å². The van der Waals surface area contributed by atoms with E-state index in [1.165, 1.54) is 17.7 Å². The van der Waals surface area contributed by atoms with Crippen LogP contribution in [0.15, 0.2) is 24.3 Å². The van der Waals surface area contributed by atoms with Gasteiger partial charge in [0.2, 0.25) is 0 Å². The van der Waals surface area contributed by atoms with Gasteiger partial charge in [-0.05, 0) is 43.0 Å². The van der Waals surface area contributed by atoms with Crippen LogP contribution >= 0.6 is 0 Å². The van der Waals surface area contributed by atoms with Gasteiger partial charge in [0.05, 0.1) is 19.8 Å². The molecule has 1 aliphatic heterocycles. The van der Waals surface area contributed by atoms with Crippen molar-refractivity contribution in [1.82, 2.24) is 4.90 Å². The van der Waals surface area contributed by atoms with Crippen LogP contribution in [-0.4, -0.2) is 54.3 Å². The van der Waals surface area contributed by atoms with Crippen molar-refractivity contribution >= 4 is 11.9 Å². The van der Waals surface area contributed by atoms with E-state index in [1.54, 1.807) is 24.3 Å². The zero-order chi connectivity index (χ0) is 15.5. The fraction of sp³-hybridized carbons (Fsp3) is 0.500. The minimum atomic E-state index is -1.04. The van der Waals surface area contributed by atoms with Crippen LogP contribution < -0.4 is 4.74 Å². The van der Waals surface area contributed by atoms with Gasteiger partial charge in [0.1, 0.15) is 5.75 Å².